The fourth-order valence-electron chi connectivity index (χ4n) is 1.39. The molecule has 1 rings (SSSR count). The number of hydrogen-bond acceptors (Lipinski definition) is 4. The molecule has 0 aromatic heterocycles. The van der Waals surface area contributed by atoms with Gasteiger partial charge in [0.05, 0.1) is 6.61 Å². The first-order chi connectivity index (χ1) is 7.26. The average molecular weight is 214 g/mol. The van der Waals surface area contributed by atoms with Crippen LogP contribution >= 0.6 is 0 Å². The third-order valence-electron chi connectivity index (χ3n) is 2.22. The van der Waals surface area contributed by atoms with E-state index in [4.69, 9.17) is 14.2 Å². The van der Waals surface area contributed by atoms with Crippen LogP contribution in [0.4, 0.5) is 0 Å². The van der Waals surface area contributed by atoms with Crippen LogP contribution in [0.5, 0.6) is 0 Å². The summed E-state index contributed by atoms with van der Waals surface area (Å²) in [4.78, 5) is 11.0. The number of hydrogen-bond donors (Lipinski definition) is 0. The van der Waals surface area contributed by atoms with Crippen LogP contribution in [0.1, 0.15) is 20.3 Å². The number of carbonyl (C=O) groups excluding carboxylic acids is 1. The quantitative estimate of drug-likeness (QED) is 0.599. The van der Waals surface area contributed by atoms with Crippen molar-refractivity contribution in [3.8, 4) is 0 Å². The second kappa shape index (κ2) is 5.88. The monoisotopic (exact) mass is 214 g/mol. The minimum Gasteiger partial charge on any atom is -0.479 e. The molecule has 1 atom stereocenters. The zero-order valence-corrected chi connectivity index (χ0v) is 9.32. The Balaban J connectivity index is 2.42. The van der Waals surface area contributed by atoms with Crippen molar-refractivity contribution in [2.45, 2.75) is 25.9 Å². The first-order valence-corrected chi connectivity index (χ1v) is 5.26. The molecule has 0 aromatic carbocycles. The summed E-state index contributed by atoms with van der Waals surface area (Å²) in [7, 11) is 0. The molecule has 0 aliphatic carbocycles. The lowest BCUT2D eigenvalue weighted by Gasteiger charge is -2.23. The maximum Gasteiger partial charge on any atom is 0.190 e. The molecule has 0 fully saturated rings. The van der Waals surface area contributed by atoms with Gasteiger partial charge in [-0.25, -0.2) is 0 Å². The highest BCUT2D eigenvalue weighted by Gasteiger charge is 2.36. The molecule has 1 aliphatic rings. The Kier molecular flexibility index (Phi) is 4.78. The van der Waals surface area contributed by atoms with Crippen molar-refractivity contribution in [1.29, 1.82) is 0 Å². The smallest absolute Gasteiger partial charge is 0.190 e. The molecule has 0 amide bonds. The van der Waals surface area contributed by atoms with Gasteiger partial charge in [-0.05, 0) is 19.9 Å². The first kappa shape index (κ1) is 12.2. The predicted octanol–water partition coefficient (Wildman–Crippen LogP) is 1.30. The summed E-state index contributed by atoms with van der Waals surface area (Å²) >= 11 is 0. The largest absolute Gasteiger partial charge is 0.479 e. The lowest BCUT2D eigenvalue weighted by atomic mass is 10.1. The lowest BCUT2D eigenvalue weighted by molar-refractivity contribution is -0.131. The Morgan fingerprint density at radius 3 is 2.80 bits per heavy atom. The molecular weight excluding hydrogens is 196 g/mol. The summed E-state index contributed by atoms with van der Waals surface area (Å²) in [5, 5.41) is 0. The fraction of sp³-hybridized carbons (Fsp3) is 0.727. The summed E-state index contributed by atoms with van der Waals surface area (Å²) in [5.74, 6) is 0.726. The molecule has 0 spiro atoms. The molecule has 0 aromatic rings. The van der Waals surface area contributed by atoms with Crippen LogP contribution in [0.2, 0.25) is 0 Å². The van der Waals surface area contributed by atoms with Gasteiger partial charge in [0.2, 0.25) is 0 Å². The van der Waals surface area contributed by atoms with Gasteiger partial charge in [0, 0.05) is 19.6 Å². The highest BCUT2D eigenvalue weighted by Crippen LogP contribution is 2.27. The van der Waals surface area contributed by atoms with Gasteiger partial charge in [-0.15, -0.1) is 0 Å². The summed E-state index contributed by atoms with van der Waals surface area (Å²) in [5.41, 5.74) is -0.817. The third-order valence-corrected chi connectivity index (χ3v) is 2.22. The van der Waals surface area contributed by atoms with E-state index in [0.717, 1.165) is 12.0 Å². The molecule has 0 radical (unpaired) electrons. The Morgan fingerprint density at radius 1 is 1.47 bits per heavy atom. The van der Waals surface area contributed by atoms with E-state index in [1.54, 1.807) is 0 Å². The lowest BCUT2D eigenvalue weighted by Crippen LogP contribution is -2.36. The SMILES string of the molecule is CCOCC1=CCC(C=O)(COCC)O1. The van der Waals surface area contributed by atoms with Crippen molar-refractivity contribution in [1.82, 2.24) is 0 Å². The van der Waals surface area contributed by atoms with E-state index in [0.29, 0.717) is 32.8 Å². The molecule has 0 bridgehead atoms. The van der Waals surface area contributed by atoms with Gasteiger partial charge in [0.1, 0.15) is 12.4 Å². The molecule has 0 saturated carbocycles. The Bertz CT molecular complexity index is 237. The predicted molar refractivity (Wildman–Crippen MR) is 55.6 cm³/mol. The van der Waals surface area contributed by atoms with Crippen LogP contribution in [0.25, 0.3) is 0 Å². The zero-order chi connectivity index (χ0) is 11.1. The highest BCUT2D eigenvalue weighted by atomic mass is 16.6. The summed E-state index contributed by atoms with van der Waals surface area (Å²) < 4.78 is 16.0. The molecule has 15 heavy (non-hydrogen) atoms. The highest BCUT2D eigenvalue weighted by molar-refractivity contribution is 5.64. The van der Waals surface area contributed by atoms with Gasteiger partial charge < -0.3 is 14.2 Å². The first-order valence-electron chi connectivity index (χ1n) is 5.26. The minimum absolute atomic E-state index is 0.305. The Morgan fingerprint density at radius 2 is 2.20 bits per heavy atom. The van der Waals surface area contributed by atoms with E-state index in [2.05, 4.69) is 0 Å². The van der Waals surface area contributed by atoms with E-state index in [1.165, 1.54) is 0 Å². The molecule has 4 nitrogen and oxygen atoms in total. The summed E-state index contributed by atoms with van der Waals surface area (Å²) in [6.45, 7) is 5.77. The van der Waals surface area contributed by atoms with Crippen molar-refractivity contribution < 1.29 is 19.0 Å². The van der Waals surface area contributed by atoms with E-state index < -0.39 is 5.60 Å². The fourth-order valence-corrected chi connectivity index (χ4v) is 1.39. The van der Waals surface area contributed by atoms with E-state index in [-0.39, 0.29) is 0 Å². The van der Waals surface area contributed by atoms with Crippen molar-refractivity contribution in [2.75, 3.05) is 26.4 Å². The summed E-state index contributed by atoms with van der Waals surface area (Å²) in [6.07, 6.45) is 3.28. The van der Waals surface area contributed by atoms with E-state index >= 15 is 0 Å². The van der Waals surface area contributed by atoms with Crippen LogP contribution < -0.4 is 0 Å². The number of ether oxygens (including phenoxy) is 3. The van der Waals surface area contributed by atoms with Crippen LogP contribution in [-0.2, 0) is 19.0 Å². The van der Waals surface area contributed by atoms with Gasteiger partial charge >= 0.3 is 0 Å². The van der Waals surface area contributed by atoms with E-state index in [9.17, 15) is 4.79 Å². The number of carbonyl (C=O) groups is 1. The van der Waals surface area contributed by atoms with Crippen LogP contribution in [-0.4, -0.2) is 38.3 Å². The van der Waals surface area contributed by atoms with Gasteiger partial charge in [0.25, 0.3) is 0 Å². The Labute approximate surface area is 90.2 Å². The number of rotatable bonds is 7. The summed E-state index contributed by atoms with van der Waals surface area (Å²) in [6, 6.07) is 0. The van der Waals surface area contributed by atoms with Crippen molar-refractivity contribution >= 4 is 6.29 Å². The standard InChI is InChI=1S/C11H18O4/c1-3-13-7-10-5-6-11(8-12,15-10)9-14-4-2/h5,8H,3-4,6-7,9H2,1-2H3. The maximum absolute atomic E-state index is 11.0. The van der Waals surface area contributed by atoms with Crippen LogP contribution in [0, 0.1) is 0 Å². The molecule has 1 aliphatic heterocycles. The van der Waals surface area contributed by atoms with Gasteiger partial charge in [-0.1, -0.05) is 0 Å². The van der Waals surface area contributed by atoms with Crippen LogP contribution in [0.3, 0.4) is 0 Å². The molecule has 4 heteroatoms. The van der Waals surface area contributed by atoms with Gasteiger partial charge in [-0.2, -0.15) is 0 Å². The van der Waals surface area contributed by atoms with Gasteiger partial charge in [-0.3, -0.25) is 4.79 Å². The zero-order valence-electron chi connectivity index (χ0n) is 9.32. The average Bonchev–Trinajstić information content (AvgIpc) is 2.68. The molecule has 86 valence electrons. The normalized spacial score (nSPS) is 24.8. The van der Waals surface area contributed by atoms with Crippen molar-refractivity contribution in [3.05, 3.63) is 11.8 Å². The second-order valence-electron chi connectivity index (χ2n) is 3.43. The van der Waals surface area contributed by atoms with Gasteiger partial charge in [0.15, 0.2) is 11.9 Å². The minimum atomic E-state index is -0.817. The van der Waals surface area contributed by atoms with E-state index in [1.807, 2.05) is 19.9 Å². The second-order valence-corrected chi connectivity index (χ2v) is 3.43. The molecule has 1 heterocycles. The molecule has 0 N–H and O–H groups in total. The molecular formula is C11H18O4. The van der Waals surface area contributed by atoms with Crippen molar-refractivity contribution in [3.63, 3.8) is 0 Å². The molecule has 1 unspecified atom stereocenters. The van der Waals surface area contributed by atoms with Crippen LogP contribution in [0.15, 0.2) is 11.8 Å². The third kappa shape index (κ3) is 3.32. The Hall–Kier alpha value is -0.870. The molecule has 0 saturated heterocycles. The number of aldehydes is 1. The topological polar surface area (TPSA) is 44.8 Å². The maximum atomic E-state index is 11.0. The van der Waals surface area contributed by atoms with Crippen molar-refractivity contribution in [2.24, 2.45) is 0 Å².